The Bertz CT molecular complexity index is 757. The maximum atomic E-state index is 10.7. The number of hydrogen-bond donors (Lipinski definition) is 1. The van der Waals surface area contributed by atoms with Crippen LogP contribution in [0, 0.1) is 6.92 Å². The first kappa shape index (κ1) is 22.1. The summed E-state index contributed by atoms with van der Waals surface area (Å²) < 4.78 is 6.27. The van der Waals surface area contributed by atoms with Gasteiger partial charge in [-0.25, -0.2) is 4.98 Å². The molecule has 5 heteroatoms. The maximum Gasteiger partial charge on any atom is 0.191 e. The number of aliphatic hydroxyl groups is 1. The molecular weight excluding hydrogens is 374 g/mol. The lowest BCUT2D eigenvalue weighted by atomic mass is 9.99. The van der Waals surface area contributed by atoms with Crippen molar-refractivity contribution in [3.8, 4) is 0 Å². The van der Waals surface area contributed by atoms with Gasteiger partial charge in [0.15, 0.2) is 8.32 Å². The summed E-state index contributed by atoms with van der Waals surface area (Å²) in [7, 11) is -1.72. The highest BCUT2D eigenvalue weighted by Gasteiger charge is 2.36. The van der Waals surface area contributed by atoms with E-state index in [0.717, 1.165) is 36.3 Å². The number of aliphatic hydroxyl groups excluding tert-OH is 1. The quantitative estimate of drug-likeness (QED) is 0.344. The van der Waals surface area contributed by atoms with Crippen LogP contribution in [0.5, 0.6) is 0 Å². The van der Waals surface area contributed by atoms with Gasteiger partial charge in [0.2, 0.25) is 0 Å². The number of halogens is 1. The lowest BCUT2D eigenvalue weighted by Crippen LogP contribution is -2.41. The predicted molar refractivity (Wildman–Crippen MR) is 116 cm³/mol. The number of hydrogen-bond acceptors (Lipinski definition) is 3. The number of nitrogens with zero attached hydrogens (tertiary/aromatic N) is 1. The van der Waals surface area contributed by atoms with Crippen molar-refractivity contribution in [2.75, 3.05) is 6.61 Å². The van der Waals surface area contributed by atoms with Crippen molar-refractivity contribution in [1.29, 1.82) is 0 Å². The van der Waals surface area contributed by atoms with Crippen molar-refractivity contribution in [3.05, 3.63) is 63.9 Å². The van der Waals surface area contributed by atoms with Crippen molar-refractivity contribution in [1.82, 2.24) is 4.98 Å². The minimum absolute atomic E-state index is 0.220. The van der Waals surface area contributed by atoms with Crippen LogP contribution in [0.4, 0.5) is 0 Å². The summed E-state index contributed by atoms with van der Waals surface area (Å²) in [5.41, 5.74) is 3.51. The van der Waals surface area contributed by atoms with Crippen molar-refractivity contribution in [3.63, 3.8) is 0 Å². The molecule has 0 aliphatic carbocycles. The van der Waals surface area contributed by atoms with E-state index in [1.807, 2.05) is 43.3 Å². The van der Waals surface area contributed by atoms with Crippen LogP contribution in [0.2, 0.25) is 23.3 Å². The smallest absolute Gasteiger partial charge is 0.191 e. The minimum atomic E-state index is -1.72. The van der Waals surface area contributed by atoms with E-state index in [2.05, 4.69) is 38.8 Å². The summed E-state index contributed by atoms with van der Waals surface area (Å²) in [6.07, 6.45) is 1.02. The molecule has 0 saturated carbocycles. The summed E-state index contributed by atoms with van der Waals surface area (Å²) in [5.74, 6) is 0. The molecule has 27 heavy (non-hydrogen) atoms. The maximum absolute atomic E-state index is 10.7. The summed E-state index contributed by atoms with van der Waals surface area (Å²) in [6.45, 7) is 14.0. The lowest BCUT2D eigenvalue weighted by molar-refractivity contribution is 0.220. The molecule has 1 aromatic carbocycles. The fourth-order valence-electron chi connectivity index (χ4n) is 2.70. The zero-order valence-corrected chi connectivity index (χ0v) is 19.1. The van der Waals surface area contributed by atoms with Crippen LogP contribution >= 0.6 is 11.6 Å². The predicted octanol–water partition coefficient (Wildman–Crippen LogP) is 6.08. The second kappa shape index (κ2) is 8.87. The molecule has 2 rings (SSSR count). The SMILES string of the molecule is Cc1nc(Cl)c(C(O)c2ccccc2)cc1CCCO[Si](C)(C)C(C)(C)C. The highest BCUT2D eigenvalue weighted by Crippen LogP contribution is 2.36. The van der Waals surface area contributed by atoms with E-state index in [1.54, 1.807) is 0 Å². The third-order valence-electron chi connectivity index (χ3n) is 5.57. The Balaban J connectivity index is 2.08. The van der Waals surface area contributed by atoms with Crippen LogP contribution in [0.25, 0.3) is 0 Å². The summed E-state index contributed by atoms with van der Waals surface area (Å²) in [6, 6.07) is 11.5. The van der Waals surface area contributed by atoms with Crippen LogP contribution in [0.15, 0.2) is 36.4 Å². The number of aryl methyl sites for hydroxylation is 2. The van der Waals surface area contributed by atoms with Crippen molar-refractivity contribution < 1.29 is 9.53 Å². The van der Waals surface area contributed by atoms with Crippen LogP contribution < -0.4 is 0 Å². The van der Waals surface area contributed by atoms with E-state index in [-0.39, 0.29) is 5.04 Å². The van der Waals surface area contributed by atoms with Crippen LogP contribution in [0.3, 0.4) is 0 Å². The fourth-order valence-corrected chi connectivity index (χ4v) is 4.07. The average molecular weight is 406 g/mol. The molecule has 0 fully saturated rings. The Hall–Kier alpha value is -1.20. The second-order valence-corrected chi connectivity index (χ2v) is 13.8. The zero-order valence-electron chi connectivity index (χ0n) is 17.3. The van der Waals surface area contributed by atoms with Gasteiger partial charge < -0.3 is 9.53 Å². The Morgan fingerprint density at radius 1 is 1.19 bits per heavy atom. The molecule has 0 radical (unpaired) electrons. The van der Waals surface area contributed by atoms with Gasteiger partial charge in [-0.15, -0.1) is 0 Å². The summed E-state index contributed by atoms with van der Waals surface area (Å²) >= 11 is 6.33. The summed E-state index contributed by atoms with van der Waals surface area (Å²) in [5, 5.41) is 11.3. The van der Waals surface area contributed by atoms with Crippen molar-refractivity contribution in [2.24, 2.45) is 0 Å². The molecule has 1 aromatic heterocycles. The first-order valence-corrected chi connectivity index (χ1v) is 12.8. The molecule has 0 saturated heterocycles. The van der Waals surface area contributed by atoms with E-state index in [4.69, 9.17) is 16.0 Å². The average Bonchev–Trinajstić information content (AvgIpc) is 2.59. The van der Waals surface area contributed by atoms with Gasteiger partial charge in [-0.1, -0.05) is 62.7 Å². The molecule has 0 spiro atoms. The van der Waals surface area contributed by atoms with Crippen LogP contribution in [0.1, 0.15) is 55.7 Å². The Labute approximate surface area is 169 Å². The third-order valence-corrected chi connectivity index (χ3v) is 10.4. The molecule has 2 aromatic rings. The van der Waals surface area contributed by atoms with E-state index in [9.17, 15) is 5.11 Å². The Kier molecular flexibility index (Phi) is 7.25. The second-order valence-electron chi connectivity index (χ2n) is 8.64. The standard InChI is InChI=1S/C22H32ClNO2Si/c1-16-18(13-10-14-26-27(5,6)22(2,3)4)15-19(21(23)24-16)20(25)17-11-8-7-9-12-17/h7-9,11-12,15,20,25H,10,13-14H2,1-6H3. The van der Waals surface area contributed by atoms with Crippen LogP contribution in [-0.2, 0) is 10.8 Å². The third kappa shape index (κ3) is 5.64. The number of benzene rings is 1. The van der Waals surface area contributed by atoms with Gasteiger partial charge in [-0.05, 0) is 55.1 Å². The molecule has 148 valence electrons. The Morgan fingerprint density at radius 3 is 2.41 bits per heavy atom. The van der Waals surface area contributed by atoms with Gasteiger partial charge in [-0.2, -0.15) is 0 Å². The van der Waals surface area contributed by atoms with E-state index < -0.39 is 14.4 Å². The first-order chi connectivity index (χ1) is 12.5. The number of pyridine rings is 1. The molecule has 0 aliphatic rings. The van der Waals surface area contributed by atoms with Gasteiger partial charge in [0.05, 0.1) is 0 Å². The summed E-state index contributed by atoms with van der Waals surface area (Å²) in [4.78, 5) is 4.46. The first-order valence-electron chi connectivity index (χ1n) is 9.56. The molecule has 3 nitrogen and oxygen atoms in total. The van der Waals surface area contributed by atoms with Crippen molar-refractivity contribution in [2.45, 2.75) is 64.8 Å². The van der Waals surface area contributed by atoms with Crippen molar-refractivity contribution >= 4 is 19.9 Å². The normalized spacial score (nSPS) is 13.6. The molecule has 1 N–H and O–H groups in total. The molecule has 0 aliphatic heterocycles. The molecule has 1 atom stereocenters. The van der Waals surface area contributed by atoms with Gasteiger partial charge in [0.25, 0.3) is 0 Å². The number of aromatic nitrogens is 1. The molecular formula is C22H32ClNO2Si. The molecule has 0 bridgehead atoms. The van der Waals surface area contributed by atoms with Gasteiger partial charge in [0.1, 0.15) is 11.3 Å². The van der Waals surface area contributed by atoms with E-state index in [1.165, 1.54) is 0 Å². The minimum Gasteiger partial charge on any atom is -0.417 e. The lowest BCUT2D eigenvalue weighted by Gasteiger charge is -2.36. The highest BCUT2D eigenvalue weighted by atomic mass is 35.5. The monoisotopic (exact) mass is 405 g/mol. The largest absolute Gasteiger partial charge is 0.417 e. The number of rotatable bonds is 7. The molecule has 1 heterocycles. The Morgan fingerprint density at radius 2 is 1.81 bits per heavy atom. The van der Waals surface area contributed by atoms with Gasteiger partial charge in [-0.3, -0.25) is 0 Å². The van der Waals surface area contributed by atoms with Gasteiger partial charge >= 0.3 is 0 Å². The zero-order chi connectivity index (χ0) is 20.2. The van der Waals surface area contributed by atoms with Gasteiger partial charge in [0, 0.05) is 17.9 Å². The van der Waals surface area contributed by atoms with Crippen LogP contribution in [-0.4, -0.2) is 25.0 Å². The van der Waals surface area contributed by atoms with E-state index >= 15 is 0 Å². The fraction of sp³-hybridized carbons (Fsp3) is 0.500. The molecule has 1 unspecified atom stereocenters. The molecule has 0 amide bonds. The highest BCUT2D eigenvalue weighted by molar-refractivity contribution is 6.74. The topological polar surface area (TPSA) is 42.4 Å². The van der Waals surface area contributed by atoms with E-state index in [0.29, 0.717) is 10.7 Å².